The predicted octanol–water partition coefficient (Wildman–Crippen LogP) is 0.990. The van der Waals surface area contributed by atoms with Crippen molar-refractivity contribution in [3.05, 3.63) is 56.2 Å². The molecule has 4 aromatic heterocycles. The van der Waals surface area contributed by atoms with Gasteiger partial charge in [-0.15, -0.1) is 5.10 Å². The number of imidazole rings is 1. The van der Waals surface area contributed by atoms with Crippen LogP contribution in [0, 0.1) is 13.8 Å². The molecule has 184 valence electrons. The molecule has 0 amide bonds. The van der Waals surface area contributed by atoms with Crippen LogP contribution in [0.2, 0.25) is 0 Å². The molecule has 35 heavy (non-hydrogen) atoms. The number of carbonyl (C=O) groups excluding carboxylic acids is 1. The minimum atomic E-state index is -0.626. The molecule has 0 aliphatic rings. The number of hydrogen-bond acceptors (Lipinski definition) is 12. The first-order valence-electron chi connectivity index (χ1n) is 10.6. The fourth-order valence-corrected chi connectivity index (χ4v) is 6.14. The monoisotopic (exact) mass is 534 g/mol. The zero-order valence-electron chi connectivity index (χ0n) is 19.4. The summed E-state index contributed by atoms with van der Waals surface area (Å²) in [7, 11) is 4.83. The zero-order valence-corrected chi connectivity index (χ0v) is 21.8. The van der Waals surface area contributed by atoms with Crippen LogP contribution >= 0.6 is 32.9 Å². The lowest BCUT2D eigenvalue weighted by Crippen LogP contribution is -2.35. The Balaban J connectivity index is 1.18. The van der Waals surface area contributed by atoms with Gasteiger partial charge in [-0.25, -0.2) is 28.9 Å². The van der Waals surface area contributed by atoms with Crippen LogP contribution in [-0.4, -0.2) is 58.4 Å². The minimum absolute atomic E-state index is 0.0201. The Kier molecular flexibility index (Phi) is 7.97. The molecule has 0 fully saturated rings. The summed E-state index contributed by atoms with van der Waals surface area (Å²) in [4.78, 5) is 38.0. The van der Waals surface area contributed by atoms with Crippen LogP contribution in [0.1, 0.15) is 32.4 Å². The highest BCUT2D eigenvalue weighted by Gasteiger charge is 2.19. The van der Waals surface area contributed by atoms with Gasteiger partial charge in [-0.05, 0) is 13.3 Å². The second kappa shape index (κ2) is 11.1. The molecule has 0 bridgehead atoms. The van der Waals surface area contributed by atoms with E-state index in [1.807, 2.05) is 6.92 Å². The van der Waals surface area contributed by atoms with E-state index in [4.69, 9.17) is 10.5 Å². The first kappa shape index (κ1) is 25.1. The summed E-state index contributed by atoms with van der Waals surface area (Å²) in [6.07, 6.45) is 3.97. The van der Waals surface area contributed by atoms with E-state index in [0.29, 0.717) is 23.9 Å². The Morgan fingerprint density at radius 3 is 2.86 bits per heavy atom. The number of rotatable bonds is 10. The molecule has 0 aromatic carbocycles. The number of hydrogen-bond donors (Lipinski definition) is 1. The quantitative estimate of drug-likeness (QED) is 0.134. The van der Waals surface area contributed by atoms with Crippen LogP contribution in [0.25, 0.3) is 5.65 Å². The van der Waals surface area contributed by atoms with Gasteiger partial charge in [0, 0.05) is 31.7 Å². The summed E-state index contributed by atoms with van der Waals surface area (Å²) in [5, 5.41) is 7.53. The van der Waals surface area contributed by atoms with Gasteiger partial charge in [0.25, 0.3) is 0 Å². The third-order valence-electron chi connectivity index (χ3n) is 5.10. The first-order chi connectivity index (χ1) is 16.8. The molecule has 2 N–H and O–H groups in total. The molecule has 4 rings (SSSR count). The van der Waals surface area contributed by atoms with Gasteiger partial charge in [-0.3, -0.25) is 0 Å². The number of nitrogens with two attached hydrogens (primary N) is 1. The van der Waals surface area contributed by atoms with Crippen molar-refractivity contribution in [3.8, 4) is 0 Å². The fourth-order valence-electron chi connectivity index (χ4n) is 3.18. The van der Waals surface area contributed by atoms with Gasteiger partial charge in [0.05, 0.1) is 10.4 Å². The van der Waals surface area contributed by atoms with Gasteiger partial charge in [0.15, 0.2) is 23.6 Å². The van der Waals surface area contributed by atoms with Crippen LogP contribution in [-0.2, 0) is 24.8 Å². The lowest BCUT2D eigenvalue weighted by Gasteiger charge is -2.03. The lowest BCUT2D eigenvalue weighted by atomic mass is 10.2. The number of carbonyl (C=O) groups is 1. The Morgan fingerprint density at radius 2 is 2.06 bits per heavy atom. The van der Waals surface area contributed by atoms with Gasteiger partial charge in [-0.2, -0.15) is 9.25 Å². The van der Waals surface area contributed by atoms with E-state index in [0.717, 1.165) is 26.8 Å². The SMILES string of the molecule is Cc1ncc(C[n+]2csc(CCSSCCOC(=O)c3ncn4c(=O)n(C)nnc34)c2C)c(N)n1. The number of aryl methyl sites for hydroxylation is 3. The maximum absolute atomic E-state index is 12.3. The lowest BCUT2D eigenvalue weighted by molar-refractivity contribution is -0.689. The van der Waals surface area contributed by atoms with E-state index in [2.05, 4.69) is 42.3 Å². The third kappa shape index (κ3) is 5.79. The second-order valence-corrected chi connectivity index (χ2v) is 11.1. The maximum atomic E-state index is 12.3. The number of nitrogen functional groups attached to an aromatic ring is 1. The molecule has 0 spiro atoms. The third-order valence-corrected chi connectivity index (χ3v) is 8.62. The number of nitrogens with zero attached hydrogens (tertiary/aromatic N) is 8. The molecule has 0 saturated heterocycles. The highest BCUT2D eigenvalue weighted by Crippen LogP contribution is 2.24. The summed E-state index contributed by atoms with van der Waals surface area (Å²) in [6, 6.07) is 0. The van der Waals surface area contributed by atoms with Crippen LogP contribution in [0.15, 0.2) is 22.8 Å². The predicted molar refractivity (Wildman–Crippen MR) is 134 cm³/mol. The van der Waals surface area contributed by atoms with Crippen molar-refractivity contribution in [3.63, 3.8) is 0 Å². The van der Waals surface area contributed by atoms with Crippen molar-refractivity contribution < 1.29 is 14.1 Å². The van der Waals surface area contributed by atoms with Crippen LogP contribution in [0.5, 0.6) is 0 Å². The molecule has 0 saturated carbocycles. The number of aromatic nitrogens is 8. The summed E-state index contributed by atoms with van der Waals surface area (Å²) < 4.78 is 9.67. The Labute approximate surface area is 212 Å². The Hall–Kier alpha value is -3.04. The van der Waals surface area contributed by atoms with Crippen molar-refractivity contribution in [2.75, 3.05) is 23.8 Å². The molecule has 4 heterocycles. The smallest absolute Gasteiger partial charge is 0.361 e. The van der Waals surface area contributed by atoms with E-state index in [9.17, 15) is 9.59 Å². The molecular weight excluding hydrogens is 510 g/mol. The van der Waals surface area contributed by atoms with Crippen molar-refractivity contribution in [1.29, 1.82) is 0 Å². The number of ether oxygens (including phenoxy) is 1. The molecule has 4 aromatic rings. The summed E-state index contributed by atoms with van der Waals surface area (Å²) in [6.45, 7) is 4.80. The fraction of sp³-hybridized carbons (Fsp3) is 0.400. The summed E-state index contributed by atoms with van der Waals surface area (Å²) in [5.41, 5.74) is 9.87. The van der Waals surface area contributed by atoms with Crippen LogP contribution < -0.4 is 16.0 Å². The van der Waals surface area contributed by atoms with Crippen molar-refractivity contribution in [1.82, 2.24) is 34.3 Å². The standard InChI is InChI=1S/C20H24N9O3S3/c1-12-15(33-11-28(12)9-14-8-22-13(2)24-17(14)21)4-6-34-35-7-5-32-19(30)16-18-25-26-27(3)20(31)29(18)10-23-16/h8,10-11H,4-7,9H2,1-3H3,(H2,21,22,24)/q+1. The average molecular weight is 535 g/mol. The van der Waals surface area contributed by atoms with Crippen molar-refractivity contribution >= 4 is 50.4 Å². The summed E-state index contributed by atoms with van der Waals surface area (Å²) >= 11 is 1.72. The molecular formula is C20H24N9O3S3+. The van der Waals surface area contributed by atoms with Crippen molar-refractivity contribution in [2.24, 2.45) is 7.05 Å². The Morgan fingerprint density at radius 1 is 1.26 bits per heavy atom. The van der Waals surface area contributed by atoms with E-state index in [1.165, 1.54) is 23.9 Å². The molecule has 0 aliphatic heterocycles. The van der Waals surface area contributed by atoms with Crippen LogP contribution in [0.4, 0.5) is 5.82 Å². The number of fused-ring (bicyclic) bond motifs is 1. The number of anilines is 1. The van der Waals surface area contributed by atoms with Crippen molar-refractivity contribution in [2.45, 2.75) is 26.8 Å². The zero-order chi connectivity index (χ0) is 24.9. The number of thiazole rings is 1. The molecule has 0 atom stereocenters. The molecule has 0 radical (unpaired) electrons. The average Bonchev–Trinajstić information content (AvgIpc) is 3.42. The summed E-state index contributed by atoms with van der Waals surface area (Å²) in [5.74, 6) is 2.12. The first-order valence-corrected chi connectivity index (χ1v) is 13.9. The highest BCUT2D eigenvalue weighted by molar-refractivity contribution is 8.76. The molecule has 15 heteroatoms. The van der Waals surface area contributed by atoms with E-state index < -0.39 is 11.7 Å². The highest BCUT2D eigenvalue weighted by atomic mass is 33.1. The number of esters is 1. The van der Waals surface area contributed by atoms with E-state index >= 15 is 0 Å². The van der Waals surface area contributed by atoms with Gasteiger partial charge in [0.2, 0.25) is 5.51 Å². The normalized spacial score (nSPS) is 11.3. The van der Waals surface area contributed by atoms with Crippen LogP contribution in [0.3, 0.4) is 0 Å². The van der Waals surface area contributed by atoms with Gasteiger partial charge >= 0.3 is 11.7 Å². The van der Waals surface area contributed by atoms with Gasteiger partial charge in [0.1, 0.15) is 24.6 Å². The molecule has 0 aliphatic carbocycles. The van der Waals surface area contributed by atoms with Gasteiger partial charge < -0.3 is 10.5 Å². The second-order valence-electron chi connectivity index (χ2n) is 7.50. The van der Waals surface area contributed by atoms with Gasteiger partial charge in [-0.1, -0.05) is 38.1 Å². The largest absolute Gasteiger partial charge is 0.460 e. The maximum Gasteiger partial charge on any atom is 0.361 e. The van der Waals surface area contributed by atoms with E-state index in [1.54, 1.807) is 39.1 Å². The topological polar surface area (TPSA) is 147 Å². The van der Waals surface area contributed by atoms with E-state index in [-0.39, 0.29) is 17.9 Å². The molecule has 12 nitrogen and oxygen atoms in total. The Bertz CT molecular complexity index is 1420. The molecule has 0 unspecified atom stereocenters. The minimum Gasteiger partial charge on any atom is -0.460 e.